The Morgan fingerprint density at radius 3 is 2.00 bits per heavy atom. The third-order valence-electron chi connectivity index (χ3n) is 3.14. The minimum atomic E-state index is -0.101. The molecule has 0 aromatic heterocycles. The van der Waals surface area contributed by atoms with Gasteiger partial charge in [-0.1, -0.05) is 27.2 Å². The van der Waals surface area contributed by atoms with Crippen molar-refractivity contribution in [2.24, 2.45) is 11.8 Å². The molecule has 0 aromatic carbocycles. The van der Waals surface area contributed by atoms with E-state index in [2.05, 4.69) is 12.2 Å². The van der Waals surface area contributed by atoms with E-state index in [0.29, 0.717) is 6.42 Å². The Labute approximate surface area is 99.0 Å². The number of carbonyl (C=O) groups excluding carboxylic acids is 2. The van der Waals surface area contributed by atoms with Gasteiger partial charge in [-0.05, 0) is 19.3 Å². The van der Waals surface area contributed by atoms with Crippen molar-refractivity contribution in [2.45, 2.75) is 52.9 Å². The molecule has 0 heterocycles. The number of hydrogen-bond acceptors (Lipinski definition) is 2. The molecule has 0 aliphatic heterocycles. The number of rotatable bonds is 8. The van der Waals surface area contributed by atoms with Gasteiger partial charge in [0, 0.05) is 25.3 Å². The maximum absolute atomic E-state index is 12.2. The van der Waals surface area contributed by atoms with Gasteiger partial charge in [0.1, 0.15) is 5.78 Å². The van der Waals surface area contributed by atoms with Crippen LogP contribution in [0.25, 0.3) is 0 Å². The Kier molecular flexibility index (Phi) is 7.86. The molecule has 0 saturated carbocycles. The van der Waals surface area contributed by atoms with Crippen LogP contribution in [-0.2, 0) is 9.59 Å². The summed E-state index contributed by atoms with van der Waals surface area (Å²) in [5, 5.41) is 2.58. The van der Waals surface area contributed by atoms with Crippen molar-refractivity contribution in [3.63, 3.8) is 0 Å². The zero-order chi connectivity index (χ0) is 12.6. The highest BCUT2D eigenvalue weighted by Crippen LogP contribution is 2.21. The average molecular weight is 227 g/mol. The molecule has 1 N–H and O–H groups in total. The number of ketones is 1. The molecule has 0 saturated heterocycles. The lowest BCUT2D eigenvalue weighted by Crippen LogP contribution is -2.29. The van der Waals surface area contributed by atoms with Crippen LogP contribution in [0.4, 0.5) is 0 Å². The number of amides is 1. The van der Waals surface area contributed by atoms with Crippen molar-refractivity contribution in [3.8, 4) is 0 Å². The van der Waals surface area contributed by atoms with E-state index in [1.54, 1.807) is 7.05 Å². The van der Waals surface area contributed by atoms with Gasteiger partial charge >= 0.3 is 0 Å². The van der Waals surface area contributed by atoms with Crippen molar-refractivity contribution < 1.29 is 9.59 Å². The maximum Gasteiger partial charge on any atom is 0.220 e. The highest BCUT2D eigenvalue weighted by Gasteiger charge is 2.25. The molecule has 2 atom stereocenters. The zero-order valence-corrected chi connectivity index (χ0v) is 11.0. The topological polar surface area (TPSA) is 46.2 Å². The molecule has 3 nitrogen and oxygen atoms in total. The van der Waals surface area contributed by atoms with Crippen LogP contribution < -0.4 is 5.32 Å². The molecule has 3 heteroatoms. The normalized spacial score (nSPS) is 14.2. The smallest absolute Gasteiger partial charge is 0.220 e. The fraction of sp³-hybridized carbons (Fsp3) is 0.846. The van der Waals surface area contributed by atoms with Crippen molar-refractivity contribution in [1.29, 1.82) is 0 Å². The number of hydrogen-bond donors (Lipinski definition) is 1. The van der Waals surface area contributed by atoms with E-state index < -0.39 is 0 Å². The molecule has 0 rings (SSSR count). The second kappa shape index (κ2) is 8.31. The van der Waals surface area contributed by atoms with Gasteiger partial charge in [0.25, 0.3) is 0 Å². The summed E-state index contributed by atoms with van der Waals surface area (Å²) >= 11 is 0. The summed E-state index contributed by atoms with van der Waals surface area (Å²) in [6, 6.07) is 0. The summed E-state index contributed by atoms with van der Waals surface area (Å²) < 4.78 is 0. The molecule has 16 heavy (non-hydrogen) atoms. The second-order valence-electron chi connectivity index (χ2n) is 4.28. The number of Topliss-reactive ketones (excluding diaryl/α,β-unsaturated/α-hetero) is 1. The van der Waals surface area contributed by atoms with Crippen LogP contribution in [0.2, 0.25) is 0 Å². The highest BCUT2D eigenvalue weighted by molar-refractivity contribution is 5.88. The second-order valence-corrected chi connectivity index (χ2v) is 4.28. The summed E-state index contributed by atoms with van der Waals surface area (Å²) in [6.45, 7) is 6.12. The zero-order valence-electron chi connectivity index (χ0n) is 11.0. The molecule has 0 bridgehead atoms. The third-order valence-corrected chi connectivity index (χ3v) is 3.14. The van der Waals surface area contributed by atoms with E-state index in [1.807, 2.05) is 13.8 Å². The van der Waals surface area contributed by atoms with Crippen LogP contribution in [0.5, 0.6) is 0 Å². The summed E-state index contributed by atoms with van der Waals surface area (Å²) in [4.78, 5) is 23.5. The molecular weight excluding hydrogens is 202 g/mol. The summed E-state index contributed by atoms with van der Waals surface area (Å²) in [5.41, 5.74) is 0. The minimum Gasteiger partial charge on any atom is -0.359 e. The third kappa shape index (κ3) is 4.77. The molecule has 0 radical (unpaired) electrons. The molecular formula is C13H25NO2. The first kappa shape index (κ1) is 15.1. The summed E-state index contributed by atoms with van der Waals surface area (Å²) in [7, 11) is 1.61. The van der Waals surface area contributed by atoms with E-state index in [0.717, 1.165) is 25.7 Å². The van der Waals surface area contributed by atoms with Crippen LogP contribution in [-0.4, -0.2) is 18.7 Å². The van der Waals surface area contributed by atoms with Crippen LogP contribution in [0.3, 0.4) is 0 Å². The quantitative estimate of drug-likeness (QED) is 0.692. The van der Waals surface area contributed by atoms with Gasteiger partial charge < -0.3 is 5.32 Å². The first-order valence-corrected chi connectivity index (χ1v) is 6.34. The fourth-order valence-corrected chi connectivity index (χ4v) is 2.00. The Morgan fingerprint density at radius 2 is 1.62 bits per heavy atom. The van der Waals surface area contributed by atoms with Crippen molar-refractivity contribution >= 4 is 11.7 Å². The van der Waals surface area contributed by atoms with Crippen LogP contribution >= 0.6 is 0 Å². The van der Waals surface area contributed by atoms with Gasteiger partial charge in [0.05, 0.1) is 0 Å². The Hall–Kier alpha value is -0.860. The first-order valence-electron chi connectivity index (χ1n) is 6.34. The maximum atomic E-state index is 12.2. The van der Waals surface area contributed by atoms with Gasteiger partial charge in [-0.25, -0.2) is 0 Å². The Morgan fingerprint density at radius 1 is 1.06 bits per heavy atom. The number of carbonyl (C=O) groups is 2. The summed E-state index contributed by atoms with van der Waals surface area (Å²) in [5.74, 6) is 0.276. The van der Waals surface area contributed by atoms with E-state index in [1.165, 1.54) is 0 Å². The molecule has 0 fully saturated rings. The molecule has 0 aromatic rings. The molecule has 0 spiro atoms. The molecule has 1 amide bonds. The van der Waals surface area contributed by atoms with Crippen LogP contribution in [0.1, 0.15) is 52.9 Å². The van der Waals surface area contributed by atoms with Crippen LogP contribution in [0.15, 0.2) is 0 Å². The van der Waals surface area contributed by atoms with Crippen molar-refractivity contribution in [2.75, 3.05) is 7.05 Å². The average Bonchev–Trinajstić information content (AvgIpc) is 2.31. The molecule has 0 aliphatic carbocycles. The minimum absolute atomic E-state index is 0.0356. The van der Waals surface area contributed by atoms with Gasteiger partial charge in [-0.15, -0.1) is 0 Å². The molecule has 2 unspecified atom stereocenters. The standard InChI is InChI=1S/C13H25NO2/c1-5-8-10(6-2)13(16)11(7-3)9-12(15)14-4/h10-11H,5-9H2,1-4H3,(H,14,15). The van der Waals surface area contributed by atoms with Gasteiger partial charge in [-0.2, -0.15) is 0 Å². The lowest BCUT2D eigenvalue weighted by atomic mass is 9.84. The molecule has 94 valence electrons. The van der Waals surface area contributed by atoms with Crippen LogP contribution in [0, 0.1) is 11.8 Å². The molecule has 0 aliphatic rings. The predicted octanol–water partition coefficient (Wildman–Crippen LogP) is 2.54. The predicted molar refractivity (Wildman–Crippen MR) is 66.2 cm³/mol. The number of nitrogens with one attached hydrogen (secondary N) is 1. The fourth-order valence-electron chi connectivity index (χ4n) is 2.00. The SMILES string of the molecule is CCCC(CC)C(=O)C(CC)CC(=O)NC. The van der Waals surface area contributed by atoms with Gasteiger partial charge in [-0.3, -0.25) is 9.59 Å². The van der Waals surface area contributed by atoms with Crippen molar-refractivity contribution in [1.82, 2.24) is 5.32 Å². The van der Waals surface area contributed by atoms with Gasteiger partial charge in [0.2, 0.25) is 5.91 Å². The summed E-state index contributed by atoms with van der Waals surface area (Å²) in [6.07, 6.45) is 3.95. The largest absolute Gasteiger partial charge is 0.359 e. The van der Waals surface area contributed by atoms with Crippen molar-refractivity contribution in [3.05, 3.63) is 0 Å². The van der Waals surface area contributed by atoms with E-state index in [4.69, 9.17) is 0 Å². The van der Waals surface area contributed by atoms with E-state index in [-0.39, 0.29) is 23.5 Å². The lowest BCUT2D eigenvalue weighted by Gasteiger charge is -2.19. The highest BCUT2D eigenvalue weighted by atomic mass is 16.2. The monoisotopic (exact) mass is 227 g/mol. The van der Waals surface area contributed by atoms with Gasteiger partial charge in [0.15, 0.2) is 0 Å². The Bertz CT molecular complexity index is 226. The first-order chi connectivity index (χ1) is 7.60. The lowest BCUT2D eigenvalue weighted by molar-refractivity contribution is -0.131. The Balaban J connectivity index is 4.43. The van der Waals surface area contributed by atoms with E-state index >= 15 is 0 Å². The van der Waals surface area contributed by atoms with E-state index in [9.17, 15) is 9.59 Å².